The largest absolute Gasteiger partial charge is 0.338 e. The number of fused-ring (bicyclic) bond motifs is 1. The number of thioether (sulfide) groups is 1. The summed E-state index contributed by atoms with van der Waals surface area (Å²) < 4.78 is 0. The highest BCUT2D eigenvalue weighted by atomic mass is 35.5. The number of carbonyl (C=O) groups is 1. The van der Waals surface area contributed by atoms with Crippen LogP contribution in [0.2, 0.25) is 0 Å². The minimum absolute atomic E-state index is 0. The molecule has 0 radical (unpaired) electrons. The first-order valence-electron chi connectivity index (χ1n) is 7.54. The second kappa shape index (κ2) is 7.52. The first kappa shape index (κ1) is 16.7. The monoisotopic (exact) mass is 326 g/mol. The number of amides is 1. The summed E-state index contributed by atoms with van der Waals surface area (Å²) in [6.07, 6.45) is 2.12. The van der Waals surface area contributed by atoms with Crippen LogP contribution in [-0.4, -0.2) is 42.2 Å². The third-order valence-corrected chi connectivity index (χ3v) is 5.40. The molecule has 2 atom stereocenters. The summed E-state index contributed by atoms with van der Waals surface area (Å²) in [6, 6.07) is 8.75. The van der Waals surface area contributed by atoms with Crippen molar-refractivity contribution >= 4 is 30.1 Å². The van der Waals surface area contributed by atoms with Gasteiger partial charge in [-0.15, -0.1) is 24.2 Å². The van der Waals surface area contributed by atoms with E-state index in [4.69, 9.17) is 0 Å². The van der Waals surface area contributed by atoms with E-state index < -0.39 is 0 Å². The molecular formula is C16H23ClN2OS. The van der Waals surface area contributed by atoms with Crippen LogP contribution in [0.1, 0.15) is 31.2 Å². The fourth-order valence-corrected chi connectivity index (χ4v) is 4.41. The van der Waals surface area contributed by atoms with E-state index in [-0.39, 0.29) is 18.3 Å². The maximum absolute atomic E-state index is 13.0. The van der Waals surface area contributed by atoms with Gasteiger partial charge in [0.15, 0.2) is 0 Å². The van der Waals surface area contributed by atoms with Crippen molar-refractivity contribution in [3.05, 3.63) is 29.8 Å². The quantitative estimate of drug-likeness (QED) is 0.923. The Kier molecular flexibility index (Phi) is 5.97. The van der Waals surface area contributed by atoms with Gasteiger partial charge in [-0.1, -0.05) is 25.1 Å². The van der Waals surface area contributed by atoms with Gasteiger partial charge in [0.05, 0.1) is 5.92 Å². The Labute approximate surface area is 137 Å². The van der Waals surface area contributed by atoms with Crippen molar-refractivity contribution in [1.29, 1.82) is 0 Å². The van der Waals surface area contributed by atoms with Gasteiger partial charge in [0.25, 0.3) is 0 Å². The van der Waals surface area contributed by atoms with Crippen molar-refractivity contribution in [2.45, 2.75) is 36.6 Å². The summed E-state index contributed by atoms with van der Waals surface area (Å²) in [4.78, 5) is 16.4. The molecule has 3 nitrogen and oxygen atoms in total. The Morgan fingerprint density at radius 3 is 2.95 bits per heavy atom. The second-order valence-electron chi connectivity index (χ2n) is 5.58. The molecule has 0 bridgehead atoms. The zero-order valence-corrected chi connectivity index (χ0v) is 14.0. The van der Waals surface area contributed by atoms with Crippen LogP contribution in [0.4, 0.5) is 0 Å². The molecule has 2 aliphatic heterocycles. The van der Waals surface area contributed by atoms with E-state index in [2.05, 4.69) is 35.3 Å². The lowest BCUT2D eigenvalue weighted by Crippen LogP contribution is -2.44. The molecule has 1 amide bonds. The molecular weight excluding hydrogens is 304 g/mol. The van der Waals surface area contributed by atoms with Crippen LogP contribution in [0.3, 0.4) is 0 Å². The first-order valence-corrected chi connectivity index (χ1v) is 8.52. The molecule has 1 N–H and O–H groups in total. The molecule has 0 aliphatic carbocycles. The SMILES string of the molecule is CCCN(C(=O)C1CSc2ccccc21)C1CCNC1.Cl. The molecule has 1 saturated heterocycles. The minimum atomic E-state index is 0. The highest BCUT2D eigenvalue weighted by molar-refractivity contribution is 7.99. The average molecular weight is 327 g/mol. The van der Waals surface area contributed by atoms with E-state index >= 15 is 0 Å². The number of nitrogens with zero attached hydrogens (tertiary/aromatic N) is 1. The fourth-order valence-electron chi connectivity index (χ4n) is 3.19. The summed E-state index contributed by atoms with van der Waals surface area (Å²) in [6.45, 7) is 5.02. The summed E-state index contributed by atoms with van der Waals surface area (Å²) >= 11 is 1.82. The van der Waals surface area contributed by atoms with Gasteiger partial charge in [-0.3, -0.25) is 4.79 Å². The Balaban J connectivity index is 0.00000161. The number of carbonyl (C=O) groups excluding carboxylic acids is 1. The van der Waals surface area contributed by atoms with Gasteiger partial charge in [-0.25, -0.2) is 0 Å². The summed E-state index contributed by atoms with van der Waals surface area (Å²) in [5, 5.41) is 3.38. The normalized spacial score (nSPS) is 23.5. The highest BCUT2D eigenvalue weighted by Crippen LogP contribution is 2.40. The Morgan fingerprint density at radius 2 is 2.24 bits per heavy atom. The molecule has 0 spiro atoms. The minimum Gasteiger partial charge on any atom is -0.338 e. The van der Waals surface area contributed by atoms with Gasteiger partial charge >= 0.3 is 0 Å². The lowest BCUT2D eigenvalue weighted by atomic mass is 9.98. The van der Waals surface area contributed by atoms with Crippen molar-refractivity contribution in [2.24, 2.45) is 0 Å². The number of rotatable bonds is 4. The molecule has 21 heavy (non-hydrogen) atoms. The van der Waals surface area contributed by atoms with E-state index in [0.29, 0.717) is 11.9 Å². The molecule has 0 aromatic heterocycles. The molecule has 2 heterocycles. The predicted octanol–water partition coefficient (Wildman–Crippen LogP) is 2.90. The van der Waals surface area contributed by atoms with Crippen LogP contribution in [0.5, 0.6) is 0 Å². The van der Waals surface area contributed by atoms with Crippen LogP contribution in [0.25, 0.3) is 0 Å². The van der Waals surface area contributed by atoms with Gasteiger partial charge in [0, 0.05) is 29.8 Å². The molecule has 1 fully saturated rings. The molecule has 1 aromatic rings. The van der Waals surface area contributed by atoms with Crippen molar-refractivity contribution in [3.8, 4) is 0 Å². The van der Waals surface area contributed by atoms with Gasteiger partial charge in [-0.05, 0) is 31.0 Å². The van der Waals surface area contributed by atoms with Crippen LogP contribution >= 0.6 is 24.2 Å². The third kappa shape index (κ3) is 3.38. The number of halogens is 1. The van der Waals surface area contributed by atoms with Gasteiger partial charge in [0.1, 0.15) is 0 Å². The Hall–Kier alpha value is -0.710. The average Bonchev–Trinajstić information content (AvgIpc) is 3.13. The number of hydrogen-bond donors (Lipinski definition) is 1. The molecule has 5 heteroatoms. The van der Waals surface area contributed by atoms with Crippen molar-refractivity contribution in [2.75, 3.05) is 25.4 Å². The van der Waals surface area contributed by atoms with Crippen LogP contribution in [-0.2, 0) is 4.79 Å². The van der Waals surface area contributed by atoms with E-state index in [1.54, 1.807) is 0 Å². The van der Waals surface area contributed by atoms with Crippen LogP contribution < -0.4 is 5.32 Å². The number of benzene rings is 1. The van der Waals surface area contributed by atoms with E-state index in [9.17, 15) is 4.79 Å². The summed E-state index contributed by atoms with van der Waals surface area (Å²) in [5.74, 6) is 1.29. The lowest BCUT2D eigenvalue weighted by Gasteiger charge is -2.30. The van der Waals surface area contributed by atoms with Crippen LogP contribution in [0, 0.1) is 0 Å². The van der Waals surface area contributed by atoms with E-state index in [1.807, 2.05) is 17.8 Å². The number of nitrogens with one attached hydrogen (secondary N) is 1. The molecule has 1 aromatic carbocycles. The molecule has 2 unspecified atom stereocenters. The predicted molar refractivity (Wildman–Crippen MR) is 90.4 cm³/mol. The standard InChI is InChI=1S/C16H22N2OS.ClH/c1-2-9-18(12-7-8-17-10-12)16(19)14-11-20-15-6-4-3-5-13(14)15;/h3-6,12,14,17H,2,7-11H2,1H3;1H. The van der Waals surface area contributed by atoms with Crippen molar-refractivity contribution in [3.63, 3.8) is 0 Å². The third-order valence-electron chi connectivity index (χ3n) is 4.22. The first-order chi connectivity index (χ1) is 9.81. The smallest absolute Gasteiger partial charge is 0.231 e. The summed E-state index contributed by atoms with van der Waals surface area (Å²) in [5.41, 5.74) is 1.23. The fraction of sp³-hybridized carbons (Fsp3) is 0.562. The topological polar surface area (TPSA) is 32.3 Å². The summed E-state index contributed by atoms with van der Waals surface area (Å²) in [7, 11) is 0. The maximum Gasteiger partial charge on any atom is 0.231 e. The van der Waals surface area contributed by atoms with Gasteiger partial charge in [0.2, 0.25) is 5.91 Å². The molecule has 2 aliphatic rings. The van der Waals surface area contributed by atoms with Gasteiger partial charge in [-0.2, -0.15) is 0 Å². The zero-order chi connectivity index (χ0) is 13.9. The molecule has 3 rings (SSSR count). The van der Waals surface area contributed by atoms with Gasteiger partial charge < -0.3 is 10.2 Å². The zero-order valence-electron chi connectivity index (χ0n) is 12.4. The Morgan fingerprint density at radius 1 is 1.43 bits per heavy atom. The lowest BCUT2D eigenvalue weighted by molar-refractivity contribution is -0.134. The second-order valence-corrected chi connectivity index (χ2v) is 6.64. The highest BCUT2D eigenvalue weighted by Gasteiger charge is 2.35. The molecule has 116 valence electrons. The maximum atomic E-state index is 13.0. The van der Waals surface area contributed by atoms with E-state index in [0.717, 1.165) is 38.2 Å². The van der Waals surface area contributed by atoms with E-state index in [1.165, 1.54) is 10.5 Å². The van der Waals surface area contributed by atoms with Crippen molar-refractivity contribution in [1.82, 2.24) is 10.2 Å². The Bertz CT molecular complexity index is 491. The number of hydrogen-bond acceptors (Lipinski definition) is 3. The molecule has 0 saturated carbocycles. The van der Waals surface area contributed by atoms with Crippen molar-refractivity contribution < 1.29 is 4.79 Å². The van der Waals surface area contributed by atoms with Crippen LogP contribution in [0.15, 0.2) is 29.2 Å².